The normalized spacial score (nSPS) is 13.3. The minimum Gasteiger partial charge on any atom is -0.477 e. The van der Waals surface area contributed by atoms with Gasteiger partial charge in [0.1, 0.15) is 21.3 Å². The zero-order chi connectivity index (χ0) is 15.8. The van der Waals surface area contributed by atoms with Crippen molar-refractivity contribution in [3.8, 4) is 0 Å². The maximum atomic E-state index is 12.4. The van der Waals surface area contributed by atoms with E-state index in [0.717, 1.165) is 11.3 Å². The molecule has 0 aromatic carbocycles. The molecule has 1 atom stereocenters. The van der Waals surface area contributed by atoms with Gasteiger partial charge in [-0.2, -0.15) is 0 Å². The Bertz CT molecular complexity index is 772. The molecule has 6 nitrogen and oxygen atoms in total. The summed E-state index contributed by atoms with van der Waals surface area (Å²) >= 11 is 0.896. The number of thiophene rings is 1. The van der Waals surface area contributed by atoms with Gasteiger partial charge in [0.25, 0.3) is 0 Å². The summed E-state index contributed by atoms with van der Waals surface area (Å²) in [6, 6.07) is 2.82. The van der Waals surface area contributed by atoms with Gasteiger partial charge in [-0.25, -0.2) is 17.9 Å². The molecular weight excluding hydrogens is 314 g/mol. The Morgan fingerprint density at radius 3 is 2.57 bits per heavy atom. The maximum absolute atomic E-state index is 12.4. The summed E-state index contributed by atoms with van der Waals surface area (Å²) in [6.07, 6.45) is 0. The number of aryl methyl sites for hydroxylation is 2. The van der Waals surface area contributed by atoms with Crippen molar-refractivity contribution in [3.05, 3.63) is 39.5 Å². The van der Waals surface area contributed by atoms with Crippen LogP contribution in [0.2, 0.25) is 0 Å². The van der Waals surface area contributed by atoms with Gasteiger partial charge in [0.05, 0.1) is 6.04 Å². The van der Waals surface area contributed by atoms with E-state index >= 15 is 0 Å². The van der Waals surface area contributed by atoms with Crippen LogP contribution in [-0.2, 0) is 10.0 Å². The number of carboxylic acid groups (broad SMARTS) is 1. The van der Waals surface area contributed by atoms with Crippen LogP contribution in [0.4, 0.5) is 0 Å². The second-order valence-electron chi connectivity index (χ2n) is 4.67. The number of sulfonamides is 1. The van der Waals surface area contributed by atoms with Crippen molar-refractivity contribution < 1.29 is 22.7 Å². The number of rotatable bonds is 5. The first-order valence-corrected chi connectivity index (χ1v) is 8.48. The Labute approximate surface area is 126 Å². The van der Waals surface area contributed by atoms with Crippen LogP contribution < -0.4 is 4.72 Å². The first-order chi connectivity index (χ1) is 9.72. The van der Waals surface area contributed by atoms with Crippen molar-refractivity contribution in [2.75, 3.05) is 0 Å². The van der Waals surface area contributed by atoms with Crippen LogP contribution in [0.15, 0.2) is 26.8 Å². The number of nitrogens with one attached hydrogen (secondary N) is 1. The van der Waals surface area contributed by atoms with Crippen LogP contribution in [0.5, 0.6) is 0 Å². The molecule has 2 heterocycles. The zero-order valence-corrected chi connectivity index (χ0v) is 13.3. The Kier molecular flexibility index (Phi) is 4.22. The fraction of sp³-hybridized carbons (Fsp3) is 0.308. The average Bonchev–Trinajstić information content (AvgIpc) is 2.95. The lowest BCUT2D eigenvalue weighted by Gasteiger charge is -2.12. The van der Waals surface area contributed by atoms with Crippen LogP contribution in [-0.4, -0.2) is 19.5 Å². The number of aromatic carboxylic acids is 1. The number of carbonyl (C=O) groups is 1. The standard InChI is InChI=1S/C13H15NO5S2/c1-7-6-20-11(13(15)16)12(7)21(17,18)14-9(3)10-5-4-8(2)19-10/h4-6,9,14H,1-3H3,(H,15,16). The Hall–Kier alpha value is -1.64. The molecular formula is C13H15NO5S2. The summed E-state index contributed by atoms with van der Waals surface area (Å²) in [5.41, 5.74) is 0.410. The second-order valence-corrected chi connectivity index (χ2v) is 7.20. The third-order valence-corrected chi connectivity index (χ3v) is 5.84. The van der Waals surface area contributed by atoms with E-state index in [1.54, 1.807) is 32.9 Å². The predicted octanol–water partition coefficient (Wildman–Crippen LogP) is 2.70. The molecule has 2 rings (SSSR count). The van der Waals surface area contributed by atoms with Crippen LogP contribution in [0.25, 0.3) is 0 Å². The van der Waals surface area contributed by atoms with E-state index in [2.05, 4.69) is 4.72 Å². The third-order valence-electron chi connectivity index (χ3n) is 2.90. The molecule has 8 heteroatoms. The second kappa shape index (κ2) is 5.63. The molecule has 2 aromatic heterocycles. The first-order valence-electron chi connectivity index (χ1n) is 6.12. The van der Waals surface area contributed by atoms with Gasteiger partial charge in [0.15, 0.2) is 0 Å². The highest BCUT2D eigenvalue weighted by Gasteiger charge is 2.28. The SMILES string of the molecule is Cc1ccc(C(C)NS(=O)(=O)c2c(C)csc2C(=O)O)o1. The van der Waals surface area contributed by atoms with Gasteiger partial charge in [-0.15, -0.1) is 11.3 Å². The van der Waals surface area contributed by atoms with Crippen LogP contribution >= 0.6 is 11.3 Å². The van der Waals surface area contributed by atoms with Crippen molar-refractivity contribution in [1.29, 1.82) is 0 Å². The molecule has 0 amide bonds. The quantitative estimate of drug-likeness (QED) is 0.879. The van der Waals surface area contributed by atoms with E-state index in [1.807, 2.05) is 0 Å². The molecule has 0 fully saturated rings. The van der Waals surface area contributed by atoms with Gasteiger partial charge >= 0.3 is 5.97 Å². The summed E-state index contributed by atoms with van der Waals surface area (Å²) in [5.74, 6) is -0.107. The molecule has 0 aliphatic rings. The molecule has 0 bridgehead atoms. The van der Waals surface area contributed by atoms with Gasteiger partial charge in [0, 0.05) is 0 Å². The lowest BCUT2D eigenvalue weighted by Crippen LogP contribution is -2.28. The van der Waals surface area contributed by atoms with E-state index in [-0.39, 0.29) is 9.77 Å². The van der Waals surface area contributed by atoms with Crippen molar-refractivity contribution in [1.82, 2.24) is 4.72 Å². The molecule has 2 aromatic rings. The minimum absolute atomic E-state index is 0.185. The van der Waals surface area contributed by atoms with Gasteiger partial charge in [-0.3, -0.25) is 0 Å². The molecule has 114 valence electrons. The summed E-state index contributed by atoms with van der Waals surface area (Å²) in [6.45, 7) is 4.97. The highest BCUT2D eigenvalue weighted by Crippen LogP contribution is 2.28. The van der Waals surface area contributed by atoms with E-state index in [4.69, 9.17) is 9.52 Å². The maximum Gasteiger partial charge on any atom is 0.347 e. The monoisotopic (exact) mass is 329 g/mol. The van der Waals surface area contributed by atoms with E-state index in [9.17, 15) is 13.2 Å². The van der Waals surface area contributed by atoms with Crippen LogP contribution in [0, 0.1) is 13.8 Å². The van der Waals surface area contributed by atoms with Crippen molar-refractivity contribution in [2.45, 2.75) is 31.7 Å². The van der Waals surface area contributed by atoms with Gasteiger partial charge < -0.3 is 9.52 Å². The van der Waals surface area contributed by atoms with Crippen molar-refractivity contribution in [2.24, 2.45) is 0 Å². The van der Waals surface area contributed by atoms with Gasteiger partial charge in [0.2, 0.25) is 10.0 Å². The predicted molar refractivity (Wildman–Crippen MR) is 78.2 cm³/mol. The summed E-state index contributed by atoms with van der Waals surface area (Å²) < 4.78 is 32.7. The number of furan rings is 1. The highest BCUT2D eigenvalue weighted by atomic mass is 32.2. The van der Waals surface area contributed by atoms with Crippen molar-refractivity contribution >= 4 is 27.3 Å². The molecule has 0 saturated heterocycles. The summed E-state index contributed by atoms with van der Waals surface area (Å²) in [4.78, 5) is 10.8. The fourth-order valence-electron chi connectivity index (χ4n) is 1.95. The largest absolute Gasteiger partial charge is 0.477 e. The minimum atomic E-state index is -3.94. The molecule has 21 heavy (non-hydrogen) atoms. The number of hydrogen-bond acceptors (Lipinski definition) is 5. The zero-order valence-electron chi connectivity index (χ0n) is 11.7. The van der Waals surface area contributed by atoms with Crippen LogP contribution in [0.3, 0.4) is 0 Å². The highest BCUT2D eigenvalue weighted by molar-refractivity contribution is 7.89. The molecule has 0 aliphatic carbocycles. The smallest absolute Gasteiger partial charge is 0.347 e. The molecule has 0 saturated carbocycles. The number of carboxylic acids is 1. The van der Waals surface area contributed by atoms with E-state index < -0.39 is 22.0 Å². The fourth-order valence-corrected chi connectivity index (χ4v) is 4.79. The topological polar surface area (TPSA) is 96.6 Å². The summed E-state index contributed by atoms with van der Waals surface area (Å²) in [5, 5.41) is 10.6. The molecule has 2 N–H and O–H groups in total. The molecule has 0 radical (unpaired) electrons. The van der Waals surface area contributed by atoms with E-state index in [1.165, 1.54) is 5.38 Å². The lowest BCUT2D eigenvalue weighted by molar-refractivity contribution is 0.0698. The average molecular weight is 329 g/mol. The van der Waals surface area contributed by atoms with E-state index in [0.29, 0.717) is 17.1 Å². The summed E-state index contributed by atoms with van der Waals surface area (Å²) in [7, 11) is -3.94. The Morgan fingerprint density at radius 1 is 1.38 bits per heavy atom. The van der Waals surface area contributed by atoms with Gasteiger partial charge in [-0.05, 0) is 43.8 Å². The van der Waals surface area contributed by atoms with Crippen LogP contribution in [0.1, 0.15) is 39.7 Å². The first kappa shape index (κ1) is 15.7. The third kappa shape index (κ3) is 3.17. The molecule has 0 spiro atoms. The number of hydrogen-bond donors (Lipinski definition) is 2. The van der Waals surface area contributed by atoms with Gasteiger partial charge in [-0.1, -0.05) is 0 Å². The lowest BCUT2D eigenvalue weighted by atomic mass is 10.3. The Morgan fingerprint density at radius 2 is 2.05 bits per heavy atom. The molecule has 1 unspecified atom stereocenters. The Balaban J connectivity index is 2.35. The molecule has 0 aliphatic heterocycles. The van der Waals surface area contributed by atoms with Crippen molar-refractivity contribution in [3.63, 3.8) is 0 Å².